The summed E-state index contributed by atoms with van der Waals surface area (Å²) in [7, 11) is 0. The minimum atomic E-state index is 0.575. The second-order valence-corrected chi connectivity index (χ2v) is 5.79. The van der Waals surface area contributed by atoms with Gasteiger partial charge in [0.05, 0.1) is 0 Å². The molecule has 0 bridgehead atoms. The van der Waals surface area contributed by atoms with Crippen LogP contribution in [0.5, 0.6) is 0 Å². The lowest BCUT2D eigenvalue weighted by atomic mass is 10.0. The van der Waals surface area contributed by atoms with Gasteiger partial charge in [0.2, 0.25) is 0 Å². The summed E-state index contributed by atoms with van der Waals surface area (Å²) >= 11 is 1.99. The number of hydrogen-bond donors (Lipinski definition) is 1. The summed E-state index contributed by atoms with van der Waals surface area (Å²) in [5, 5.41) is 3.72. The zero-order valence-electron chi connectivity index (χ0n) is 10.2. The Morgan fingerprint density at radius 2 is 2.25 bits per heavy atom. The molecule has 1 aliphatic rings. The molecule has 16 heavy (non-hydrogen) atoms. The van der Waals surface area contributed by atoms with Crippen LogP contribution in [0.4, 0.5) is 0 Å². The van der Waals surface area contributed by atoms with Crippen LogP contribution in [0, 0.1) is 5.92 Å². The zero-order valence-corrected chi connectivity index (χ0v) is 11.0. The Balaban J connectivity index is 2.01. The fourth-order valence-corrected chi connectivity index (χ4v) is 3.17. The Kier molecular flexibility index (Phi) is 4.30. The van der Waals surface area contributed by atoms with Crippen molar-refractivity contribution in [1.29, 1.82) is 0 Å². The van der Waals surface area contributed by atoms with Crippen molar-refractivity contribution in [3.8, 4) is 0 Å². The molecule has 2 unspecified atom stereocenters. The van der Waals surface area contributed by atoms with Gasteiger partial charge in [0.1, 0.15) is 0 Å². The van der Waals surface area contributed by atoms with Crippen LogP contribution in [0.25, 0.3) is 0 Å². The monoisotopic (exact) mass is 235 g/mol. The molecule has 0 aliphatic carbocycles. The van der Waals surface area contributed by atoms with Crippen molar-refractivity contribution >= 4 is 11.8 Å². The lowest BCUT2D eigenvalue weighted by molar-refractivity contribution is 0.433. The normalized spacial score (nSPS) is 21.5. The Bertz CT molecular complexity index is 337. The van der Waals surface area contributed by atoms with E-state index in [-0.39, 0.29) is 0 Å². The van der Waals surface area contributed by atoms with Crippen LogP contribution >= 0.6 is 11.8 Å². The van der Waals surface area contributed by atoms with Crippen molar-refractivity contribution in [3.63, 3.8) is 0 Å². The summed E-state index contributed by atoms with van der Waals surface area (Å²) in [5.74, 6) is 2.02. The minimum absolute atomic E-state index is 0.575. The van der Waals surface area contributed by atoms with Crippen LogP contribution in [-0.2, 0) is 0 Å². The summed E-state index contributed by atoms with van der Waals surface area (Å²) in [6.45, 7) is 5.72. The van der Waals surface area contributed by atoms with E-state index in [0.29, 0.717) is 6.04 Å². The van der Waals surface area contributed by atoms with E-state index in [0.717, 1.165) is 12.5 Å². The van der Waals surface area contributed by atoms with Gasteiger partial charge in [-0.3, -0.25) is 0 Å². The van der Waals surface area contributed by atoms with Gasteiger partial charge in [0.15, 0.2) is 0 Å². The van der Waals surface area contributed by atoms with Gasteiger partial charge in [-0.1, -0.05) is 38.5 Å². The highest BCUT2D eigenvalue weighted by atomic mass is 32.2. The van der Waals surface area contributed by atoms with Crippen LogP contribution in [0.2, 0.25) is 0 Å². The van der Waals surface area contributed by atoms with Gasteiger partial charge in [0.25, 0.3) is 0 Å². The maximum atomic E-state index is 3.72. The molecule has 0 fully saturated rings. The number of fused-ring (bicyclic) bond motifs is 1. The summed E-state index contributed by atoms with van der Waals surface area (Å²) in [6.07, 6.45) is 2.52. The maximum Gasteiger partial charge on any atom is 0.0339 e. The SMILES string of the molecule is CCC(C)CNC1CCSc2ccccc21. The van der Waals surface area contributed by atoms with Gasteiger partial charge in [-0.2, -0.15) is 0 Å². The standard InChI is InChI=1S/C14H21NS/c1-3-11(2)10-15-13-8-9-16-14-7-5-4-6-12(13)14/h4-7,11,13,15H,3,8-10H2,1-2H3. The first-order chi connectivity index (χ1) is 7.81. The number of rotatable bonds is 4. The van der Waals surface area contributed by atoms with Crippen molar-refractivity contribution < 1.29 is 0 Å². The fourth-order valence-electron chi connectivity index (χ4n) is 2.04. The smallest absolute Gasteiger partial charge is 0.0339 e. The van der Waals surface area contributed by atoms with E-state index in [2.05, 4.69) is 43.4 Å². The molecule has 0 saturated heterocycles. The van der Waals surface area contributed by atoms with Gasteiger partial charge in [-0.05, 0) is 36.3 Å². The predicted molar refractivity (Wildman–Crippen MR) is 72.0 cm³/mol. The third kappa shape index (κ3) is 2.80. The van der Waals surface area contributed by atoms with E-state index in [1.54, 1.807) is 0 Å². The van der Waals surface area contributed by atoms with Crippen molar-refractivity contribution in [3.05, 3.63) is 29.8 Å². The van der Waals surface area contributed by atoms with Crippen LogP contribution in [-0.4, -0.2) is 12.3 Å². The highest BCUT2D eigenvalue weighted by Crippen LogP contribution is 2.35. The van der Waals surface area contributed by atoms with E-state index < -0.39 is 0 Å². The first kappa shape index (κ1) is 12.0. The van der Waals surface area contributed by atoms with Gasteiger partial charge in [0, 0.05) is 10.9 Å². The molecule has 0 spiro atoms. The number of thioether (sulfide) groups is 1. The van der Waals surface area contributed by atoms with E-state index in [4.69, 9.17) is 0 Å². The molecule has 1 aromatic carbocycles. The quantitative estimate of drug-likeness (QED) is 0.850. The fraction of sp³-hybridized carbons (Fsp3) is 0.571. The van der Waals surface area contributed by atoms with Crippen molar-refractivity contribution in [1.82, 2.24) is 5.32 Å². The summed E-state index contributed by atoms with van der Waals surface area (Å²) in [4.78, 5) is 1.47. The molecule has 2 heteroatoms. The Morgan fingerprint density at radius 3 is 3.06 bits per heavy atom. The second kappa shape index (κ2) is 5.74. The highest BCUT2D eigenvalue weighted by molar-refractivity contribution is 7.99. The zero-order chi connectivity index (χ0) is 11.4. The van der Waals surface area contributed by atoms with Gasteiger partial charge in [-0.15, -0.1) is 11.8 Å². The maximum absolute atomic E-state index is 3.72. The van der Waals surface area contributed by atoms with Crippen molar-refractivity contribution in [2.24, 2.45) is 5.92 Å². The molecule has 1 nitrogen and oxygen atoms in total. The third-order valence-corrected chi connectivity index (χ3v) is 4.49. The predicted octanol–water partition coefficient (Wildman–Crippen LogP) is 3.86. The Morgan fingerprint density at radius 1 is 1.44 bits per heavy atom. The molecule has 0 aromatic heterocycles. The Hall–Kier alpha value is -0.470. The average Bonchev–Trinajstić information content (AvgIpc) is 2.35. The van der Waals surface area contributed by atoms with Gasteiger partial charge < -0.3 is 5.32 Å². The van der Waals surface area contributed by atoms with Crippen molar-refractivity contribution in [2.45, 2.75) is 37.6 Å². The molecule has 1 aromatic rings. The summed E-state index contributed by atoms with van der Waals surface area (Å²) in [6, 6.07) is 9.39. The van der Waals surface area contributed by atoms with E-state index in [1.165, 1.54) is 29.1 Å². The highest BCUT2D eigenvalue weighted by Gasteiger charge is 2.19. The van der Waals surface area contributed by atoms with Crippen LogP contribution in [0.15, 0.2) is 29.2 Å². The summed E-state index contributed by atoms with van der Waals surface area (Å²) < 4.78 is 0. The van der Waals surface area contributed by atoms with Crippen molar-refractivity contribution in [2.75, 3.05) is 12.3 Å². The number of hydrogen-bond acceptors (Lipinski definition) is 2. The molecule has 1 heterocycles. The molecule has 1 N–H and O–H groups in total. The van der Waals surface area contributed by atoms with E-state index in [9.17, 15) is 0 Å². The molecular weight excluding hydrogens is 214 g/mol. The lowest BCUT2D eigenvalue weighted by Gasteiger charge is -2.27. The lowest BCUT2D eigenvalue weighted by Crippen LogP contribution is -2.28. The van der Waals surface area contributed by atoms with Crippen LogP contribution in [0.1, 0.15) is 38.3 Å². The first-order valence-corrected chi connectivity index (χ1v) is 7.25. The molecule has 1 aliphatic heterocycles. The molecule has 0 radical (unpaired) electrons. The van der Waals surface area contributed by atoms with E-state index >= 15 is 0 Å². The molecular formula is C14H21NS. The Labute approximate surface area is 103 Å². The molecule has 0 amide bonds. The van der Waals surface area contributed by atoms with Gasteiger partial charge >= 0.3 is 0 Å². The minimum Gasteiger partial charge on any atom is -0.310 e. The number of nitrogens with one attached hydrogen (secondary N) is 1. The topological polar surface area (TPSA) is 12.0 Å². The average molecular weight is 235 g/mol. The molecule has 2 atom stereocenters. The molecule has 2 rings (SSSR count). The molecule has 0 saturated carbocycles. The van der Waals surface area contributed by atoms with E-state index in [1.807, 2.05) is 11.8 Å². The second-order valence-electron chi connectivity index (χ2n) is 4.65. The number of benzene rings is 1. The largest absolute Gasteiger partial charge is 0.310 e. The third-order valence-electron chi connectivity index (χ3n) is 3.37. The first-order valence-electron chi connectivity index (χ1n) is 6.26. The summed E-state index contributed by atoms with van der Waals surface area (Å²) in [5.41, 5.74) is 1.50. The van der Waals surface area contributed by atoms with Gasteiger partial charge in [-0.25, -0.2) is 0 Å². The van der Waals surface area contributed by atoms with Crippen LogP contribution in [0.3, 0.4) is 0 Å². The molecule has 88 valence electrons. The van der Waals surface area contributed by atoms with Crippen LogP contribution < -0.4 is 5.32 Å².